The van der Waals surface area contributed by atoms with Gasteiger partial charge in [0.25, 0.3) is 0 Å². The summed E-state index contributed by atoms with van der Waals surface area (Å²) in [6.45, 7) is 15.5. The second-order valence-corrected chi connectivity index (χ2v) is 10.6. The number of likely N-dealkylation sites (tertiary alicyclic amines) is 1. The van der Waals surface area contributed by atoms with Crippen LogP contribution in [0.5, 0.6) is 0 Å². The number of carbonyl (C=O) groups is 1. The molecule has 0 atom stereocenters. The zero-order chi connectivity index (χ0) is 24.4. The third-order valence-electron chi connectivity index (χ3n) is 6.63. The Kier molecular flexibility index (Phi) is 5.15. The highest BCUT2D eigenvalue weighted by molar-refractivity contribution is 5.89. The molecule has 1 N–H and O–H groups in total. The van der Waals surface area contributed by atoms with E-state index in [1.54, 1.807) is 11.2 Å². The van der Waals surface area contributed by atoms with Gasteiger partial charge in [0.2, 0.25) is 0 Å². The summed E-state index contributed by atoms with van der Waals surface area (Å²) in [5, 5.41) is 4.37. The van der Waals surface area contributed by atoms with Crippen LogP contribution in [0.4, 0.5) is 4.79 Å². The van der Waals surface area contributed by atoms with Crippen molar-refractivity contribution in [3.63, 3.8) is 0 Å². The number of fused-ring (bicyclic) bond motifs is 2. The number of aromatic amines is 1. The number of rotatable bonds is 3. The highest BCUT2D eigenvalue weighted by atomic mass is 16.6. The minimum Gasteiger partial charge on any atom is -0.444 e. The van der Waals surface area contributed by atoms with Crippen LogP contribution in [0.1, 0.15) is 68.8 Å². The second kappa shape index (κ2) is 7.82. The second-order valence-electron chi connectivity index (χ2n) is 10.6. The summed E-state index contributed by atoms with van der Waals surface area (Å²) >= 11 is 0. The van der Waals surface area contributed by atoms with Crippen molar-refractivity contribution in [2.24, 2.45) is 0 Å². The Morgan fingerprint density at radius 2 is 1.91 bits per heavy atom. The summed E-state index contributed by atoms with van der Waals surface area (Å²) in [4.78, 5) is 27.2. The van der Waals surface area contributed by atoms with Gasteiger partial charge >= 0.3 is 6.09 Å². The van der Waals surface area contributed by atoms with E-state index < -0.39 is 5.60 Å². The van der Waals surface area contributed by atoms with Crippen molar-refractivity contribution in [1.29, 1.82) is 0 Å². The van der Waals surface area contributed by atoms with Gasteiger partial charge in [-0.05, 0) is 63.8 Å². The third-order valence-corrected chi connectivity index (χ3v) is 6.63. The van der Waals surface area contributed by atoms with Gasteiger partial charge in [-0.15, -0.1) is 0 Å². The maximum atomic E-state index is 12.3. The molecule has 0 unspecified atom stereocenters. The molecule has 8 nitrogen and oxygen atoms in total. The Morgan fingerprint density at radius 3 is 2.59 bits per heavy atom. The normalized spacial score (nSPS) is 14.9. The molecule has 8 heteroatoms. The van der Waals surface area contributed by atoms with Gasteiger partial charge in [0.1, 0.15) is 11.9 Å². The van der Waals surface area contributed by atoms with E-state index in [4.69, 9.17) is 9.72 Å². The van der Waals surface area contributed by atoms with Crippen molar-refractivity contribution < 1.29 is 9.53 Å². The molecule has 1 aliphatic rings. The Hall–Kier alpha value is -3.42. The summed E-state index contributed by atoms with van der Waals surface area (Å²) < 4.78 is 7.33. The van der Waals surface area contributed by atoms with E-state index in [0.29, 0.717) is 13.1 Å². The van der Waals surface area contributed by atoms with Crippen molar-refractivity contribution in [2.45, 2.75) is 65.9 Å². The molecule has 1 aliphatic heterocycles. The molecule has 34 heavy (non-hydrogen) atoms. The van der Waals surface area contributed by atoms with Gasteiger partial charge in [0.05, 0.1) is 16.7 Å². The van der Waals surface area contributed by atoms with Crippen molar-refractivity contribution >= 4 is 22.8 Å². The van der Waals surface area contributed by atoms with E-state index >= 15 is 0 Å². The van der Waals surface area contributed by atoms with Crippen LogP contribution in [-0.4, -0.2) is 54.2 Å². The fraction of sp³-hybridized carbons (Fsp3) is 0.462. The average molecular weight is 461 g/mol. The lowest BCUT2D eigenvalue weighted by atomic mass is 9.94. The van der Waals surface area contributed by atoms with Crippen molar-refractivity contribution in [2.75, 3.05) is 13.1 Å². The molecule has 0 aromatic carbocycles. The number of aromatic nitrogens is 5. The first-order valence-corrected chi connectivity index (χ1v) is 11.8. The largest absolute Gasteiger partial charge is 0.444 e. The number of pyridine rings is 2. The average Bonchev–Trinajstić information content (AvgIpc) is 3.32. The molecule has 4 aromatic heterocycles. The van der Waals surface area contributed by atoms with E-state index in [9.17, 15) is 4.79 Å². The SMILES string of the molecule is Cc1c(-c2[nH]c3ccc(C4CN(C(=O)OC(C)(C)C)C4)nc3c2C(C)C)cn2ncnc2c1C. The van der Waals surface area contributed by atoms with Crippen molar-refractivity contribution in [1.82, 2.24) is 29.5 Å². The molecule has 1 fully saturated rings. The minimum absolute atomic E-state index is 0.214. The van der Waals surface area contributed by atoms with Gasteiger partial charge in [-0.2, -0.15) is 5.10 Å². The fourth-order valence-corrected chi connectivity index (χ4v) is 4.70. The van der Waals surface area contributed by atoms with Gasteiger partial charge in [-0.1, -0.05) is 13.8 Å². The summed E-state index contributed by atoms with van der Waals surface area (Å²) in [6, 6.07) is 4.18. The number of aryl methyl sites for hydroxylation is 1. The van der Waals surface area contributed by atoms with Crippen LogP contribution in [-0.2, 0) is 4.74 Å². The maximum absolute atomic E-state index is 12.3. The molecule has 0 bridgehead atoms. The Morgan fingerprint density at radius 1 is 1.18 bits per heavy atom. The van der Waals surface area contributed by atoms with Crippen LogP contribution >= 0.6 is 0 Å². The van der Waals surface area contributed by atoms with E-state index in [0.717, 1.165) is 39.2 Å². The predicted octanol–water partition coefficient (Wildman–Crippen LogP) is 5.35. The maximum Gasteiger partial charge on any atom is 0.410 e. The van der Waals surface area contributed by atoms with Gasteiger partial charge in [-0.25, -0.2) is 14.3 Å². The fourth-order valence-electron chi connectivity index (χ4n) is 4.70. The lowest BCUT2D eigenvalue weighted by Crippen LogP contribution is -2.50. The van der Waals surface area contributed by atoms with Crippen LogP contribution in [0.3, 0.4) is 0 Å². The first kappa shape index (κ1) is 22.4. The van der Waals surface area contributed by atoms with Gasteiger partial charge < -0.3 is 14.6 Å². The zero-order valence-corrected chi connectivity index (χ0v) is 20.9. The van der Waals surface area contributed by atoms with E-state index in [2.05, 4.69) is 54.9 Å². The van der Waals surface area contributed by atoms with Crippen molar-refractivity contribution in [3.8, 4) is 11.3 Å². The standard InChI is InChI=1S/C26H32N6O2/c1-14(2)21-22(18-12-32-24(27-13-28-32)16(4)15(18)3)30-20-9-8-19(29-23(20)21)17-10-31(11-17)25(33)34-26(5,6)7/h8-9,12-14,17,30H,10-11H2,1-7H3. The highest BCUT2D eigenvalue weighted by Gasteiger charge is 2.35. The number of amides is 1. The number of nitrogens with zero attached hydrogens (tertiary/aromatic N) is 5. The van der Waals surface area contributed by atoms with Crippen LogP contribution in [0.25, 0.3) is 27.9 Å². The van der Waals surface area contributed by atoms with Gasteiger partial charge in [-0.3, -0.25) is 4.98 Å². The van der Waals surface area contributed by atoms with E-state index in [1.807, 2.05) is 31.5 Å². The minimum atomic E-state index is -0.487. The molecule has 5 rings (SSSR count). The molecule has 1 amide bonds. The van der Waals surface area contributed by atoms with E-state index in [-0.39, 0.29) is 17.9 Å². The highest BCUT2D eigenvalue weighted by Crippen LogP contribution is 2.38. The Bertz CT molecular complexity index is 1400. The molecule has 0 spiro atoms. The number of ether oxygens (including phenoxy) is 1. The molecule has 1 saturated heterocycles. The lowest BCUT2D eigenvalue weighted by molar-refractivity contribution is 0.00790. The third kappa shape index (κ3) is 3.71. The van der Waals surface area contributed by atoms with Crippen LogP contribution in [0, 0.1) is 13.8 Å². The monoisotopic (exact) mass is 460 g/mol. The Balaban J connectivity index is 1.51. The molecular formula is C26H32N6O2. The smallest absolute Gasteiger partial charge is 0.410 e. The quantitative estimate of drug-likeness (QED) is 0.445. The van der Waals surface area contributed by atoms with Crippen LogP contribution in [0.2, 0.25) is 0 Å². The number of carbonyl (C=O) groups excluding carboxylic acids is 1. The summed E-state index contributed by atoms with van der Waals surface area (Å²) in [5.74, 6) is 0.489. The summed E-state index contributed by atoms with van der Waals surface area (Å²) in [7, 11) is 0. The molecule has 0 saturated carbocycles. The van der Waals surface area contributed by atoms with Crippen LogP contribution in [0.15, 0.2) is 24.7 Å². The molecule has 0 aliphatic carbocycles. The van der Waals surface area contributed by atoms with Gasteiger partial charge in [0.15, 0.2) is 5.65 Å². The van der Waals surface area contributed by atoms with Gasteiger partial charge in [0, 0.05) is 42.0 Å². The van der Waals surface area contributed by atoms with Crippen molar-refractivity contribution in [3.05, 3.63) is 47.0 Å². The zero-order valence-electron chi connectivity index (χ0n) is 20.9. The topological polar surface area (TPSA) is 88.4 Å². The molecule has 4 aromatic rings. The predicted molar refractivity (Wildman–Crippen MR) is 132 cm³/mol. The first-order chi connectivity index (χ1) is 16.0. The van der Waals surface area contributed by atoms with E-state index in [1.165, 1.54) is 11.1 Å². The Labute approximate surface area is 199 Å². The molecule has 178 valence electrons. The summed E-state index contributed by atoms with van der Waals surface area (Å²) in [5.41, 5.74) is 9.10. The molecular weight excluding hydrogens is 428 g/mol. The molecule has 0 radical (unpaired) electrons. The lowest BCUT2D eigenvalue weighted by Gasteiger charge is -2.39. The number of hydrogen-bond donors (Lipinski definition) is 1. The molecule has 5 heterocycles. The number of hydrogen-bond acceptors (Lipinski definition) is 5. The van der Waals surface area contributed by atoms with Crippen LogP contribution < -0.4 is 0 Å². The number of H-pyrrole nitrogens is 1. The number of nitrogens with one attached hydrogen (secondary N) is 1. The first-order valence-electron chi connectivity index (χ1n) is 11.8. The summed E-state index contributed by atoms with van der Waals surface area (Å²) in [6.07, 6.45) is 3.38.